The number of para-hydroxylation sites is 1. The minimum Gasteiger partial charge on any atom is -0.485 e. The highest BCUT2D eigenvalue weighted by Gasteiger charge is 2.25. The van der Waals surface area contributed by atoms with E-state index in [1.807, 2.05) is 67.6 Å². The first-order chi connectivity index (χ1) is 20.6. The zero-order valence-corrected chi connectivity index (χ0v) is 25.3. The van der Waals surface area contributed by atoms with Crippen LogP contribution in [0.3, 0.4) is 0 Å². The number of benzene rings is 3. The molecular formula is C36H40O7. The van der Waals surface area contributed by atoms with Crippen molar-refractivity contribution in [1.82, 2.24) is 0 Å². The lowest BCUT2D eigenvalue weighted by Gasteiger charge is -2.16. The average molecular weight is 585 g/mol. The molecule has 7 nitrogen and oxygen atoms in total. The second-order valence-corrected chi connectivity index (χ2v) is 10.5. The molecule has 0 aliphatic carbocycles. The number of carboxylic acid groups (broad SMARTS) is 2. The SMILES string of the molecule is CC(C)=CCC/C(C)=C/CC/C(C)=C/COc1c(OCc2cccc(Oc3ccccc3)c2)ccc(C(=O)O)c1C(=O)O. The summed E-state index contributed by atoms with van der Waals surface area (Å²) in [6.45, 7) is 8.48. The Hall–Kier alpha value is -4.78. The van der Waals surface area contributed by atoms with Crippen LogP contribution in [0.2, 0.25) is 0 Å². The van der Waals surface area contributed by atoms with E-state index in [4.69, 9.17) is 14.2 Å². The molecule has 0 saturated heterocycles. The molecule has 0 unspecified atom stereocenters. The van der Waals surface area contributed by atoms with Crippen LogP contribution in [0, 0.1) is 0 Å². The molecule has 0 bridgehead atoms. The molecule has 0 saturated carbocycles. The molecule has 0 heterocycles. The van der Waals surface area contributed by atoms with Crippen molar-refractivity contribution in [1.29, 1.82) is 0 Å². The van der Waals surface area contributed by atoms with E-state index in [0.717, 1.165) is 36.8 Å². The molecule has 43 heavy (non-hydrogen) atoms. The summed E-state index contributed by atoms with van der Waals surface area (Å²) in [6.07, 6.45) is 10.1. The van der Waals surface area contributed by atoms with E-state index in [1.165, 1.54) is 23.3 Å². The Morgan fingerprint density at radius 3 is 2.07 bits per heavy atom. The largest absolute Gasteiger partial charge is 0.485 e. The van der Waals surface area contributed by atoms with Crippen molar-refractivity contribution in [3.05, 3.63) is 118 Å². The summed E-state index contributed by atoms with van der Waals surface area (Å²) in [5.74, 6) is -1.44. The molecule has 3 aromatic carbocycles. The topological polar surface area (TPSA) is 102 Å². The zero-order valence-electron chi connectivity index (χ0n) is 25.3. The van der Waals surface area contributed by atoms with Crippen LogP contribution < -0.4 is 14.2 Å². The van der Waals surface area contributed by atoms with E-state index in [2.05, 4.69) is 32.9 Å². The number of allylic oxidation sites excluding steroid dienone is 5. The Labute approximate surface area is 253 Å². The van der Waals surface area contributed by atoms with E-state index in [-0.39, 0.29) is 30.3 Å². The Bertz CT molecular complexity index is 1480. The van der Waals surface area contributed by atoms with Gasteiger partial charge in [0.15, 0.2) is 11.5 Å². The highest BCUT2D eigenvalue weighted by atomic mass is 16.5. The van der Waals surface area contributed by atoms with Gasteiger partial charge in [0.2, 0.25) is 0 Å². The lowest BCUT2D eigenvalue weighted by atomic mass is 10.1. The zero-order chi connectivity index (χ0) is 31.2. The molecule has 0 aliphatic rings. The first-order valence-electron chi connectivity index (χ1n) is 14.3. The second kappa shape index (κ2) is 16.6. The molecule has 0 amide bonds. The minimum atomic E-state index is -1.41. The molecule has 0 fully saturated rings. The van der Waals surface area contributed by atoms with Gasteiger partial charge in [-0.1, -0.05) is 59.2 Å². The first-order valence-corrected chi connectivity index (χ1v) is 14.3. The molecule has 226 valence electrons. The first kappa shape index (κ1) is 32.7. The van der Waals surface area contributed by atoms with Crippen molar-refractivity contribution >= 4 is 11.9 Å². The summed E-state index contributed by atoms with van der Waals surface area (Å²) in [4.78, 5) is 24.0. The van der Waals surface area contributed by atoms with Crippen molar-refractivity contribution in [2.75, 3.05) is 6.61 Å². The molecule has 0 radical (unpaired) electrons. The highest BCUT2D eigenvalue weighted by molar-refractivity contribution is 6.04. The molecular weight excluding hydrogens is 544 g/mol. The number of carbonyl (C=O) groups is 2. The predicted molar refractivity (Wildman–Crippen MR) is 169 cm³/mol. The second-order valence-electron chi connectivity index (χ2n) is 10.5. The fourth-order valence-electron chi connectivity index (χ4n) is 4.30. The summed E-state index contributed by atoms with van der Waals surface area (Å²) in [6, 6.07) is 19.3. The number of carboxylic acids is 2. The number of aromatic carboxylic acids is 2. The van der Waals surface area contributed by atoms with Gasteiger partial charge < -0.3 is 24.4 Å². The molecule has 3 rings (SSSR count). The van der Waals surface area contributed by atoms with Crippen molar-refractivity contribution in [2.45, 2.75) is 60.0 Å². The fourth-order valence-corrected chi connectivity index (χ4v) is 4.30. The smallest absolute Gasteiger partial charge is 0.340 e. The van der Waals surface area contributed by atoms with E-state index in [0.29, 0.717) is 11.5 Å². The summed E-state index contributed by atoms with van der Waals surface area (Å²) in [5.41, 5.74) is 3.70. The van der Waals surface area contributed by atoms with Gasteiger partial charge in [0.25, 0.3) is 0 Å². The van der Waals surface area contributed by atoms with Crippen molar-refractivity contribution in [2.24, 2.45) is 0 Å². The minimum absolute atomic E-state index is 0.0647. The van der Waals surface area contributed by atoms with Gasteiger partial charge in [-0.25, -0.2) is 9.59 Å². The normalized spacial score (nSPS) is 11.5. The fraction of sp³-hybridized carbons (Fsp3) is 0.278. The highest BCUT2D eigenvalue weighted by Crippen LogP contribution is 2.35. The third kappa shape index (κ3) is 10.9. The van der Waals surface area contributed by atoms with Gasteiger partial charge in [0, 0.05) is 0 Å². The van der Waals surface area contributed by atoms with Crippen LogP contribution >= 0.6 is 0 Å². The van der Waals surface area contributed by atoms with Gasteiger partial charge in [-0.2, -0.15) is 0 Å². The molecule has 2 N–H and O–H groups in total. The number of hydrogen-bond acceptors (Lipinski definition) is 5. The average Bonchev–Trinajstić information content (AvgIpc) is 2.96. The monoisotopic (exact) mass is 584 g/mol. The molecule has 0 spiro atoms. The van der Waals surface area contributed by atoms with Crippen LogP contribution in [0.4, 0.5) is 0 Å². The third-order valence-electron chi connectivity index (χ3n) is 6.62. The Kier molecular flexibility index (Phi) is 12.6. The van der Waals surface area contributed by atoms with Crippen molar-refractivity contribution in [3.63, 3.8) is 0 Å². The predicted octanol–water partition coefficient (Wildman–Crippen LogP) is 9.25. The van der Waals surface area contributed by atoms with Gasteiger partial charge in [-0.05, 0) is 101 Å². The summed E-state index contributed by atoms with van der Waals surface area (Å²) in [5, 5.41) is 19.5. The maximum atomic E-state index is 12.2. The van der Waals surface area contributed by atoms with Crippen LogP contribution in [-0.2, 0) is 6.61 Å². The van der Waals surface area contributed by atoms with Crippen LogP contribution in [0.25, 0.3) is 0 Å². The van der Waals surface area contributed by atoms with E-state index in [9.17, 15) is 19.8 Å². The van der Waals surface area contributed by atoms with Crippen molar-refractivity contribution in [3.8, 4) is 23.0 Å². The summed E-state index contributed by atoms with van der Waals surface area (Å²) < 4.78 is 17.8. The van der Waals surface area contributed by atoms with Crippen LogP contribution in [0.1, 0.15) is 79.7 Å². The molecule has 0 atom stereocenters. The van der Waals surface area contributed by atoms with E-state index < -0.39 is 17.5 Å². The van der Waals surface area contributed by atoms with Crippen LogP contribution in [0.15, 0.2) is 102 Å². The lowest BCUT2D eigenvalue weighted by molar-refractivity contribution is 0.0647. The van der Waals surface area contributed by atoms with E-state index >= 15 is 0 Å². The van der Waals surface area contributed by atoms with Crippen LogP contribution in [0.5, 0.6) is 23.0 Å². The Morgan fingerprint density at radius 2 is 1.40 bits per heavy atom. The van der Waals surface area contributed by atoms with Crippen LogP contribution in [-0.4, -0.2) is 28.8 Å². The standard InChI is InChI=1S/C36H40O7/c1-25(2)11-8-12-26(3)13-9-14-27(4)21-22-41-34-32(20-19-31(35(37)38)33(34)36(39)40)42-24-28-15-10-18-30(23-28)43-29-16-6-5-7-17-29/h5-7,10-11,13,15-21,23H,8-9,12,14,22,24H2,1-4H3,(H,37,38)(H,39,40)/b26-13+,27-21+. The number of hydrogen-bond donors (Lipinski definition) is 2. The number of rotatable bonds is 16. The van der Waals surface area contributed by atoms with Gasteiger partial charge in [-0.15, -0.1) is 0 Å². The van der Waals surface area contributed by atoms with Crippen molar-refractivity contribution < 1.29 is 34.0 Å². The maximum absolute atomic E-state index is 12.2. The molecule has 0 aromatic heterocycles. The van der Waals surface area contributed by atoms with Gasteiger partial charge in [0.05, 0.1) is 5.56 Å². The van der Waals surface area contributed by atoms with Gasteiger partial charge in [0.1, 0.15) is 30.3 Å². The van der Waals surface area contributed by atoms with Gasteiger partial charge in [-0.3, -0.25) is 0 Å². The Balaban J connectivity index is 1.72. The van der Waals surface area contributed by atoms with Gasteiger partial charge >= 0.3 is 11.9 Å². The summed E-state index contributed by atoms with van der Waals surface area (Å²) in [7, 11) is 0. The summed E-state index contributed by atoms with van der Waals surface area (Å²) >= 11 is 0. The third-order valence-corrected chi connectivity index (χ3v) is 6.62. The molecule has 3 aromatic rings. The Morgan fingerprint density at radius 1 is 0.721 bits per heavy atom. The number of ether oxygens (including phenoxy) is 3. The maximum Gasteiger partial charge on any atom is 0.340 e. The quantitative estimate of drug-likeness (QED) is 0.162. The lowest BCUT2D eigenvalue weighted by Crippen LogP contribution is -2.13. The molecule has 7 heteroatoms. The van der Waals surface area contributed by atoms with E-state index in [1.54, 1.807) is 0 Å². The molecule has 0 aliphatic heterocycles.